The van der Waals surface area contributed by atoms with Crippen LogP contribution in [0.3, 0.4) is 0 Å². The Morgan fingerprint density at radius 1 is 1.73 bits per heavy atom. The lowest BCUT2D eigenvalue weighted by Crippen LogP contribution is -2.37. The third kappa shape index (κ3) is 2.65. The SMILES string of the molecule is CCC(C)NC(=O)C1=NC(C)(N)C(C)=C1. The zero-order valence-electron chi connectivity index (χ0n) is 9.79. The molecule has 1 aliphatic heterocycles. The summed E-state index contributed by atoms with van der Waals surface area (Å²) < 4.78 is 0. The molecule has 1 heterocycles. The van der Waals surface area contributed by atoms with Crippen LogP contribution in [-0.2, 0) is 4.79 Å². The zero-order chi connectivity index (χ0) is 11.6. The monoisotopic (exact) mass is 209 g/mol. The van der Waals surface area contributed by atoms with Gasteiger partial charge >= 0.3 is 0 Å². The highest BCUT2D eigenvalue weighted by molar-refractivity contribution is 6.44. The van der Waals surface area contributed by atoms with Crippen molar-refractivity contribution in [1.82, 2.24) is 5.32 Å². The van der Waals surface area contributed by atoms with Crippen molar-refractivity contribution in [2.75, 3.05) is 0 Å². The van der Waals surface area contributed by atoms with Gasteiger partial charge in [0.1, 0.15) is 11.4 Å². The lowest BCUT2D eigenvalue weighted by atomic mass is 10.1. The van der Waals surface area contributed by atoms with Crippen LogP contribution in [0, 0.1) is 0 Å². The average Bonchev–Trinajstić information content (AvgIpc) is 2.41. The number of amides is 1. The fraction of sp³-hybridized carbons (Fsp3) is 0.636. The number of carbonyl (C=O) groups excluding carboxylic acids is 1. The maximum atomic E-state index is 11.7. The summed E-state index contributed by atoms with van der Waals surface area (Å²) in [7, 11) is 0. The molecular weight excluding hydrogens is 190 g/mol. The fourth-order valence-corrected chi connectivity index (χ4v) is 1.24. The van der Waals surface area contributed by atoms with Gasteiger partial charge in [0.2, 0.25) is 0 Å². The van der Waals surface area contributed by atoms with Gasteiger partial charge in [0.25, 0.3) is 5.91 Å². The van der Waals surface area contributed by atoms with Gasteiger partial charge in [0.15, 0.2) is 0 Å². The Morgan fingerprint density at radius 3 is 2.73 bits per heavy atom. The van der Waals surface area contributed by atoms with E-state index in [0.717, 1.165) is 12.0 Å². The summed E-state index contributed by atoms with van der Waals surface area (Å²) in [6.07, 6.45) is 2.65. The van der Waals surface area contributed by atoms with Gasteiger partial charge < -0.3 is 11.1 Å². The first-order chi connectivity index (χ1) is 6.86. The number of nitrogens with two attached hydrogens (primary N) is 1. The van der Waals surface area contributed by atoms with Gasteiger partial charge in [-0.05, 0) is 38.8 Å². The molecule has 0 bridgehead atoms. The Kier molecular flexibility index (Phi) is 3.29. The summed E-state index contributed by atoms with van der Waals surface area (Å²) in [4.78, 5) is 15.9. The van der Waals surface area contributed by atoms with E-state index < -0.39 is 5.66 Å². The molecule has 0 aromatic heterocycles. The molecule has 15 heavy (non-hydrogen) atoms. The highest BCUT2D eigenvalue weighted by atomic mass is 16.1. The summed E-state index contributed by atoms with van der Waals surface area (Å²) in [6, 6.07) is 0.165. The van der Waals surface area contributed by atoms with Gasteiger partial charge in [0.05, 0.1) is 0 Å². The molecular formula is C11H19N3O. The Hall–Kier alpha value is -1.16. The van der Waals surface area contributed by atoms with Crippen molar-refractivity contribution in [2.24, 2.45) is 10.7 Å². The van der Waals surface area contributed by atoms with E-state index in [-0.39, 0.29) is 11.9 Å². The van der Waals surface area contributed by atoms with Crippen molar-refractivity contribution in [3.8, 4) is 0 Å². The van der Waals surface area contributed by atoms with Gasteiger partial charge in [-0.1, -0.05) is 6.92 Å². The Labute approximate surface area is 90.6 Å². The van der Waals surface area contributed by atoms with Gasteiger partial charge in [-0.25, -0.2) is 0 Å². The van der Waals surface area contributed by atoms with Gasteiger partial charge in [-0.15, -0.1) is 0 Å². The van der Waals surface area contributed by atoms with E-state index in [1.54, 1.807) is 13.0 Å². The molecule has 4 nitrogen and oxygen atoms in total. The fourth-order valence-electron chi connectivity index (χ4n) is 1.24. The summed E-state index contributed by atoms with van der Waals surface area (Å²) in [5, 5.41) is 2.86. The highest BCUT2D eigenvalue weighted by Crippen LogP contribution is 2.20. The quantitative estimate of drug-likeness (QED) is 0.727. The first-order valence-corrected chi connectivity index (χ1v) is 5.25. The smallest absolute Gasteiger partial charge is 0.269 e. The number of nitrogens with zero attached hydrogens (tertiary/aromatic N) is 1. The molecule has 0 radical (unpaired) electrons. The predicted molar refractivity (Wildman–Crippen MR) is 61.7 cm³/mol. The van der Waals surface area contributed by atoms with E-state index in [9.17, 15) is 4.79 Å². The predicted octanol–water partition coefficient (Wildman–Crippen LogP) is 0.977. The molecule has 1 aliphatic rings. The third-order valence-electron chi connectivity index (χ3n) is 2.73. The van der Waals surface area contributed by atoms with Gasteiger partial charge in [0, 0.05) is 6.04 Å². The average molecular weight is 209 g/mol. The molecule has 84 valence electrons. The summed E-state index contributed by atoms with van der Waals surface area (Å²) in [5.74, 6) is -0.141. The molecule has 3 N–H and O–H groups in total. The molecule has 0 fully saturated rings. The van der Waals surface area contributed by atoms with Crippen LogP contribution in [-0.4, -0.2) is 23.3 Å². The van der Waals surface area contributed by atoms with E-state index in [4.69, 9.17) is 5.73 Å². The molecule has 0 aromatic carbocycles. The van der Waals surface area contributed by atoms with Gasteiger partial charge in [-0.2, -0.15) is 0 Å². The molecule has 2 unspecified atom stereocenters. The molecule has 4 heteroatoms. The van der Waals surface area contributed by atoms with E-state index in [1.807, 2.05) is 20.8 Å². The number of carbonyl (C=O) groups is 1. The van der Waals surface area contributed by atoms with Crippen molar-refractivity contribution >= 4 is 11.6 Å². The highest BCUT2D eigenvalue weighted by Gasteiger charge is 2.28. The Morgan fingerprint density at radius 2 is 2.33 bits per heavy atom. The van der Waals surface area contributed by atoms with Crippen molar-refractivity contribution < 1.29 is 4.79 Å². The lowest BCUT2D eigenvalue weighted by Gasteiger charge is -2.15. The Balaban J connectivity index is 2.72. The number of rotatable bonds is 3. The van der Waals surface area contributed by atoms with Crippen LogP contribution in [0.25, 0.3) is 0 Å². The van der Waals surface area contributed by atoms with Crippen molar-refractivity contribution in [3.63, 3.8) is 0 Å². The van der Waals surface area contributed by atoms with Crippen molar-refractivity contribution in [3.05, 3.63) is 11.6 Å². The Bertz CT molecular complexity index is 329. The van der Waals surface area contributed by atoms with Crippen LogP contribution in [0.1, 0.15) is 34.1 Å². The van der Waals surface area contributed by atoms with E-state index >= 15 is 0 Å². The molecule has 0 spiro atoms. The summed E-state index contributed by atoms with van der Waals surface area (Å²) in [5.41, 5.74) is 6.50. The molecule has 2 atom stereocenters. The number of hydrogen-bond acceptors (Lipinski definition) is 3. The largest absolute Gasteiger partial charge is 0.348 e. The third-order valence-corrected chi connectivity index (χ3v) is 2.73. The maximum absolute atomic E-state index is 11.7. The minimum atomic E-state index is -0.720. The first-order valence-electron chi connectivity index (χ1n) is 5.25. The summed E-state index contributed by atoms with van der Waals surface area (Å²) in [6.45, 7) is 7.66. The maximum Gasteiger partial charge on any atom is 0.269 e. The van der Waals surface area contributed by atoms with E-state index in [1.165, 1.54) is 0 Å². The zero-order valence-corrected chi connectivity index (χ0v) is 9.79. The standard InChI is InChI=1S/C11H19N3O/c1-5-8(3)13-10(15)9-6-7(2)11(4,12)14-9/h6,8H,5,12H2,1-4H3,(H,13,15). The van der Waals surface area contributed by atoms with Crippen molar-refractivity contribution in [1.29, 1.82) is 0 Å². The van der Waals surface area contributed by atoms with Crippen molar-refractivity contribution in [2.45, 2.75) is 45.8 Å². The second-order valence-corrected chi connectivity index (χ2v) is 4.25. The number of nitrogens with one attached hydrogen (secondary N) is 1. The lowest BCUT2D eigenvalue weighted by molar-refractivity contribution is -0.115. The van der Waals surface area contributed by atoms with Crippen LogP contribution < -0.4 is 11.1 Å². The van der Waals surface area contributed by atoms with E-state index in [0.29, 0.717) is 5.71 Å². The van der Waals surface area contributed by atoms with Gasteiger partial charge in [-0.3, -0.25) is 9.79 Å². The normalized spacial score (nSPS) is 27.0. The molecule has 0 aliphatic carbocycles. The molecule has 0 saturated heterocycles. The second-order valence-electron chi connectivity index (χ2n) is 4.25. The minimum Gasteiger partial charge on any atom is -0.348 e. The van der Waals surface area contributed by atoms with E-state index in [2.05, 4.69) is 10.3 Å². The number of aliphatic imine (C=N–C) groups is 1. The van der Waals surface area contributed by atoms with Crippen LogP contribution in [0.5, 0.6) is 0 Å². The topological polar surface area (TPSA) is 67.5 Å². The van der Waals surface area contributed by atoms with Crippen LogP contribution in [0.15, 0.2) is 16.6 Å². The van der Waals surface area contributed by atoms with Crippen LogP contribution >= 0.6 is 0 Å². The number of hydrogen-bond donors (Lipinski definition) is 2. The summed E-state index contributed by atoms with van der Waals surface area (Å²) >= 11 is 0. The molecule has 1 rings (SSSR count). The molecule has 1 amide bonds. The molecule has 0 saturated carbocycles. The van der Waals surface area contributed by atoms with Crippen LogP contribution in [0.2, 0.25) is 0 Å². The van der Waals surface area contributed by atoms with Crippen LogP contribution in [0.4, 0.5) is 0 Å². The second kappa shape index (κ2) is 4.14. The molecule has 0 aromatic rings. The minimum absolute atomic E-state index is 0.141. The first kappa shape index (κ1) is 11.9.